The molecular formula is C55H37NOS. The van der Waals surface area contributed by atoms with Crippen LogP contribution in [0.4, 0.5) is 17.1 Å². The number of thiophene rings is 1. The van der Waals surface area contributed by atoms with Crippen molar-refractivity contribution in [3.05, 3.63) is 199 Å². The maximum absolute atomic E-state index is 7.09. The summed E-state index contributed by atoms with van der Waals surface area (Å²) in [6.07, 6.45) is 0. The molecule has 0 spiro atoms. The molecule has 11 aromatic rings. The number of anilines is 3. The normalized spacial score (nSPS) is 13.1. The zero-order valence-corrected chi connectivity index (χ0v) is 33.0. The molecule has 0 unspecified atom stereocenters. The number of fused-ring (bicyclic) bond motifs is 10. The van der Waals surface area contributed by atoms with E-state index in [1.165, 1.54) is 69.9 Å². The van der Waals surface area contributed by atoms with Crippen LogP contribution in [-0.2, 0) is 5.41 Å². The van der Waals surface area contributed by atoms with Crippen molar-refractivity contribution in [2.24, 2.45) is 0 Å². The first-order valence-electron chi connectivity index (χ1n) is 20.0. The van der Waals surface area contributed by atoms with Gasteiger partial charge in [-0.3, -0.25) is 0 Å². The number of furan rings is 1. The summed E-state index contributed by atoms with van der Waals surface area (Å²) in [6, 6.07) is 68.7. The van der Waals surface area contributed by atoms with Crippen molar-refractivity contribution >= 4 is 81.3 Å². The van der Waals surface area contributed by atoms with Gasteiger partial charge in [0.15, 0.2) is 0 Å². The van der Waals surface area contributed by atoms with Crippen LogP contribution in [0.25, 0.3) is 86.3 Å². The van der Waals surface area contributed by atoms with Gasteiger partial charge in [0.1, 0.15) is 11.2 Å². The van der Waals surface area contributed by atoms with Gasteiger partial charge in [0.05, 0.1) is 11.1 Å². The Morgan fingerprint density at radius 2 is 1.12 bits per heavy atom. The van der Waals surface area contributed by atoms with Crippen LogP contribution in [0.15, 0.2) is 192 Å². The standard InChI is InChI=1S/C55H37NOS/c1-55(2)45-21-11-8-18-40(45)41-29-28-38(33-46(41)55)56(37-26-24-35(25-27-37)34-14-4-3-5-15-34)47-31-30-44(54-52(47)42-19-9-12-22-48(42)57-54)51-39-17-7-6-16-36(39)32-50-53(51)43-20-10-13-23-49(43)58-50/h3-33H,1-2H3. The van der Waals surface area contributed by atoms with Crippen LogP contribution in [0.2, 0.25) is 0 Å². The van der Waals surface area contributed by atoms with Crippen LogP contribution in [0.3, 0.4) is 0 Å². The maximum atomic E-state index is 7.09. The lowest BCUT2D eigenvalue weighted by Gasteiger charge is -2.29. The lowest BCUT2D eigenvalue weighted by Crippen LogP contribution is -2.16. The third-order valence-corrected chi connectivity index (χ3v) is 13.6. The van der Waals surface area contributed by atoms with E-state index in [1.54, 1.807) is 0 Å². The first kappa shape index (κ1) is 33.2. The minimum absolute atomic E-state index is 0.144. The third-order valence-electron chi connectivity index (χ3n) is 12.5. The van der Waals surface area contributed by atoms with Crippen molar-refractivity contribution in [2.75, 3.05) is 4.90 Å². The fraction of sp³-hybridized carbons (Fsp3) is 0.0545. The summed E-state index contributed by atoms with van der Waals surface area (Å²) < 4.78 is 9.66. The molecule has 58 heavy (non-hydrogen) atoms. The second kappa shape index (κ2) is 12.5. The van der Waals surface area contributed by atoms with Crippen LogP contribution in [0.5, 0.6) is 0 Å². The number of nitrogens with zero attached hydrogens (tertiary/aromatic N) is 1. The zero-order valence-electron chi connectivity index (χ0n) is 32.2. The van der Waals surface area contributed by atoms with Crippen molar-refractivity contribution in [1.29, 1.82) is 0 Å². The van der Waals surface area contributed by atoms with E-state index in [9.17, 15) is 0 Å². The number of para-hydroxylation sites is 1. The molecule has 2 aromatic heterocycles. The van der Waals surface area contributed by atoms with Crippen LogP contribution >= 0.6 is 11.3 Å². The first-order valence-corrected chi connectivity index (χ1v) is 20.8. The van der Waals surface area contributed by atoms with Gasteiger partial charge in [0.25, 0.3) is 0 Å². The lowest BCUT2D eigenvalue weighted by atomic mass is 9.82. The van der Waals surface area contributed by atoms with E-state index in [0.717, 1.165) is 44.6 Å². The van der Waals surface area contributed by atoms with Crippen LogP contribution < -0.4 is 4.90 Å². The smallest absolute Gasteiger partial charge is 0.145 e. The summed E-state index contributed by atoms with van der Waals surface area (Å²) >= 11 is 1.86. The van der Waals surface area contributed by atoms with Crippen molar-refractivity contribution < 1.29 is 4.42 Å². The number of hydrogen-bond donors (Lipinski definition) is 0. The molecule has 274 valence electrons. The van der Waals surface area contributed by atoms with Crippen molar-refractivity contribution in [1.82, 2.24) is 0 Å². The molecule has 9 aromatic carbocycles. The Kier molecular flexibility index (Phi) is 7.18. The molecule has 0 amide bonds. The fourth-order valence-electron chi connectivity index (χ4n) is 9.72. The molecule has 1 aliphatic rings. The molecular weight excluding hydrogens is 723 g/mol. The Bertz CT molecular complexity index is 3420. The highest BCUT2D eigenvalue weighted by Gasteiger charge is 2.36. The van der Waals surface area contributed by atoms with E-state index >= 15 is 0 Å². The van der Waals surface area contributed by atoms with Crippen molar-refractivity contribution in [3.8, 4) is 33.4 Å². The molecule has 0 saturated carbocycles. The van der Waals surface area contributed by atoms with Crippen LogP contribution in [0, 0.1) is 0 Å². The Balaban J connectivity index is 1.15. The number of hydrogen-bond acceptors (Lipinski definition) is 3. The van der Waals surface area contributed by atoms with Gasteiger partial charge in [-0.05, 0) is 98.8 Å². The SMILES string of the molecule is CC1(C)c2ccccc2-c2ccc(N(c3ccc(-c4ccccc4)cc3)c3ccc(-c4c5ccccc5cc5sc6ccccc6c45)c4oc5ccccc5c34)cc21. The minimum Gasteiger partial charge on any atom is -0.455 e. The highest BCUT2D eigenvalue weighted by atomic mass is 32.1. The topological polar surface area (TPSA) is 16.4 Å². The number of benzene rings is 9. The molecule has 0 radical (unpaired) electrons. The molecule has 1 aliphatic carbocycles. The van der Waals surface area contributed by atoms with Gasteiger partial charge in [-0.2, -0.15) is 0 Å². The highest BCUT2D eigenvalue weighted by molar-refractivity contribution is 7.26. The lowest BCUT2D eigenvalue weighted by molar-refractivity contribution is 0.660. The minimum atomic E-state index is -0.144. The summed E-state index contributed by atoms with van der Waals surface area (Å²) in [5.74, 6) is 0. The molecule has 0 fully saturated rings. The molecule has 0 atom stereocenters. The van der Waals surface area contributed by atoms with Crippen molar-refractivity contribution in [3.63, 3.8) is 0 Å². The fourth-order valence-corrected chi connectivity index (χ4v) is 10.9. The maximum Gasteiger partial charge on any atom is 0.145 e. The van der Waals surface area contributed by atoms with Gasteiger partial charge in [-0.25, -0.2) is 0 Å². The molecule has 0 N–H and O–H groups in total. The molecule has 2 nitrogen and oxygen atoms in total. The molecule has 0 bridgehead atoms. The predicted octanol–water partition coefficient (Wildman–Crippen LogP) is 16.2. The van der Waals surface area contributed by atoms with Crippen molar-refractivity contribution in [2.45, 2.75) is 19.3 Å². The van der Waals surface area contributed by atoms with E-state index in [2.05, 4.69) is 207 Å². The van der Waals surface area contributed by atoms with Gasteiger partial charge in [-0.1, -0.05) is 147 Å². The van der Waals surface area contributed by atoms with Gasteiger partial charge < -0.3 is 9.32 Å². The summed E-state index contributed by atoms with van der Waals surface area (Å²) in [5, 5.41) is 7.21. The number of rotatable bonds is 5. The van der Waals surface area contributed by atoms with E-state index in [1.807, 2.05) is 11.3 Å². The Hall–Kier alpha value is -6.94. The van der Waals surface area contributed by atoms with E-state index < -0.39 is 0 Å². The molecule has 0 aliphatic heterocycles. The Morgan fingerprint density at radius 1 is 0.466 bits per heavy atom. The molecule has 0 saturated heterocycles. The average molecular weight is 760 g/mol. The van der Waals surface area contributed by atoms with Crippen LogP contribution in [-0.4, -0.2) is 0 Å². The highest BCUT2D eigenvalue weighted by Crippen LogP contribution is 2.53. The quantitative estimate of drug-likeness (QED) is 0.174. The van der Waals surface area contributed by atoms with Gasteiger partial charge >= 0.3 is 0 Å². The van der Waals surface area contributed by atoms with E-state index in [0.29, 0.717) is 0 Å². The van der Waals surface area contributed by atoms with E-state index in [4.69, 9.17) is 4.42 Å². The van der Waals surface area contributed by atoms with Gasteiger partial charge in [-0.15, -0.1) is 11.3 Å². The molecule has 2 heterocycles. The Labute approximate surface area is 340 Å². The van der Waals surface area contributed by atoms with E-state index in [-0.39, 0.29) is 5.41 Å². The second-order valence-corrected chi connectivity index (χ2v) is 17.1. The zero-order chi connectivity index (χ0) is 38.5. The monoisotopic (exact) mass is 759 g/mol. The second-order valence-electron chi connectivity index (χ2n) is 16.0. The predicted molar refractivity (Wildman–Crippen MR) is 247 cm³/mol. The van der Waals surface area contributed by atoms with Crippen LogP contribution in [0.1, 0.15) is 25.0 Å². The summed E-state index contributed by atoms with van der Waals surface area (Å²) in [4.78, 5) is 2.45. The summed E-state index contributed by atoms with van der Waals surface area (Å²) in [5.41, 5.74) is 15.0. The summed E-state index contributed by atoms with van der Waals surface area (Å²) in [7, 11) is 0. The third kappa shape index (κ3) is 4.84. The molecule has 12 rings (SSSR count). The largest absolute Gasteiger partial charge is 0.455 e. The Morgan fingerprint density at radius 3 is 1.98 bits per heavy atom. The van der Waals surface area contributed by atoms with Gasteiger partial charge in [0.2, 0.25) is 0 Å². The first-order chi connectivity index (χ1) is 28.5. The van der Waals surface area contributed by atoms with Gasteiger partial charge in [0, 0.05) is 53.5 Å². The summed E-state index contributed by atoms with van der Waals surface area (Å²) in [6.45, 7) is 4.71. The molecule has 3 heteroatoms. The average Bonchev–Trinajstić information content (AvgIpc) is 3.92.